The molecule has 3 aromatic carbocycles. The van der Waals surface area contributed by atoms with Gasteiger partial charge in [-0.05, 0) is 36.1 Å². The van der Waals surface area contributed by atoms with Crippen molar-refractivity contribution in [3.05, 3.63) is 83.0 Å². The average molecular weight is 402 g/mol. The summed E-state index contributed by atoms with van der Waals surface area (Å²) >= 11 is 7.77. The molecule has 3 nitrogen and oxygen atoms in total. The topological polar surface area (TPSA) is 37.8 Å². The lowest BCUT2D eigenvalue weighted by atomic mass is 10.0. The zero-order valence-electron chi connectivity index (χ0n) is 15.1. The van der Waals surface area contributed by atoms with Crippen molar-refractivity contribution in [2.75, 3.05) is 5.32 Å². The van der Waals surface area contributed by atoms with Crippen molar-refractivity contribution < 1.29 is 0 Å². The molecule has 2 aromatic heterocycles. The Hall–Kier alpha value is -2.95. The van der Waals surface area contributed by atoms with Gasteiger partial charge in [0.2, 0.25) is 0 Å². The van der Waals surface area contributed by atoms with Crippen LogP contribution in [0, 0.1) is 6.92 Å². The van der Waals surface area contributed by atoms with Crippen molar-refractivity contribution in [1.29, 1.82) is 0 Å². The molecular weight excluding hydrogens is 386 g/mol. The average Bonchev–Trinajstić information content (AvgIpc) is 3.06. The second-order valence-corrected chi connectivity index (χ2v) is 8.23. The number of hydrogen-bond donors (Lipinski definition) is 1. The van der Waals surface area contributed by atoms with E-state index in [0.717, 1.165) is 43.3 Å². The number of benzene rings is 3. The van der Waals surface area contributed by atoms with E-state index in [0.29, 0.717) is 0 Å². The fourth-order valence-electron chi connectivity index (χ4n) is 3.57. The van der Waals surface area contributed by atoms with Gasteiger partial charge in [0.15, 0.2) is 0 Å². The summed E-state index contributed by atoms with van der Waals surface area (Å²) in [5, 5.41) is 7.68. The van der Waals surface area contributed by atoms with Crippen LogP contribution >= 0.6 is 22.9 Å². The van der Waals surface area contributed by atoms with Gasteiger partial charge in [-0.1, -0.05) is 60.1 Å². The third-order valence-corrected chi connectivity index (χ3v) is 6.11. The standard InChI is InChI=1S/C23H16ClN3S/c1-14-20(16-9-11-17(24)12-10-16)21-22(25-13-26-23(21)28-14)27-19-8-4-6-15-5-2-3-7-18(15)19/h2-13H,1H3,(H,25,26,27). The highest BCUT2D eigenvalue weighted by atomic mass is 35.5. The van der Waals surface area contributed by atoms with Gasteiger partial charge in [-0.15, -0.1) is 11.3 Å². The maximum Gasteiger partial charge on any atom is 0.143 e. The summed E-state index contributed by atoms with van der Waals surface area (Å²) in [4.78, 5) is 11.3. The number of thiophene rings is 1. The first kappa shape index (κ1) is 17.2. The molecule has 0 bridgehead atoms. The van der Waals surface area contributed by atoms with E-state index in [4.69, 9.17) is 11.6 Å². The minimum atomic E-state index is 0.728. The molecule has 136 valence electrons. The second-order valence-electron chi connectivity index (χ2n) is 6.59. The van der Waals surface area contributed by atoms with Gasteiger partial charge in [-0.3, -0.25) is 0 Å². The molecule has 2 heterocycles. The summed E-state index contributed by atoms with van der Waals surface area (Å²) in [7, 11) is 0. The van der Waals surface area contributed by atoms with E-state index < -0.39 is 0 Å². The van der Waals surface area contributed by atoms with Crippen LogP contribution in [0.5, 0.6) is 0 Å². The van der Waals surface area contributed by atoms with Crippen molar-refractivity contribution in [2.45, 2.75) is 6.92 Å². The molecule has 0 saturated carbocycles. The summed E-state index contributed by atoms with van der Waals surface area (Å²) in [5.41, 5.74) is 3.30. The third kappa shape index (κ3) is 2.91. The number of hydrogen-bond acceptors (Lipinski definition) is 4. The molecule has 0 radical (unpaired) electrons. The summed E-state index contributed by atoms with van der Waals surface area (Å²) in [6, 6.07) is 22.5. The largest absolute Gasteiger partial charge is 0.339 e. The molecule has 0 unspecified atom stereocenters. The van der Waals surface area contributed by atoms with Crippen molar-refractivity contribution in [1.82, 2.24) is 9.97 Å². The normalized spacial score (nSPS) is 11.2. The number of nitrogens with zero attached hydrogens (tertiary/aromatic N) is 2. The van der Waals surface area contributed by atoms with E-state index in [1.54, 1.807) is 17.7 Å². The Morgan fingerprint density at radius 1 is 0.893 bits per heavy atom. The van der Waals surface area contributed by atoms with E-state index in [-0.39, 0.29) is 0 Å². The molecule has 0 atom stereocenters. The Morgan fingerprint density at radius 3 is 2.54 bits per heavy atom. The predicted octanol–water partition coefficient (Wildman–Crippen LogP) is 7.22. The van der Waals surface area contributed by atoms with Gasteiger partial charge in [0.25, 0.3) is 0 Å². The molecule has 5 aromatic rings. The van der Waals surface area contributed by atoms with Gasteiger partial charge in [-0.25, -0.2) is 9.97 Å². The van der Waals surface area contributed by atoms with Crippen LogP contribution in [-0.2, 0) is 0 Å². The van der Waals surface area contributed by atoms with Gasteiger partial charge < -0.3 is 5.32 Å². The molecule has 28 heavy (non-hydrogen) atoms. The molecule has 0 aliphatic rings. The van der Waals surface area contributed by atoms with E-state index in [9.17, 15) is 0 Å². The molecular formula is C23H16ClN3S. The second kappa shape index (κ2) is 6.89. The van der Waals surface area contributed by atoms with E-state index >= 15 is 0 Å². The third-order valence-electron chi connectivity index (χ3n) is 4.84. The summed E-state index contributed by atoms with van der Waals surface area (Å²) in [6.45, 7) is 2.12. The quantitative estimate of drug-likeness (QED) is 0.347. The van der Waals surface area contributed by atoms with Crippen LogP contribution in [0.3, 0.4) is 0 Å². The molecule has 0 aliphatic carbocycles. The van der Waals surface area contributed by atoms with Crippen LogP contribution in [0.25, 0.3) is 32.1 Å². The smallest absolute Gasteiger partial charge is 0.143 e. The Labute approximate surface area is 171 Å². The van der Waals surface area contributed by atoms with Gasteiger partial charge >= 0.3 is 0 Å². The van der Waals surface area contributed by atoms with Crippen LogP contribution in [0.1, 0.15) is 4.88 Å². The highest BCUT2D eigenvalue weighted by Crippen LogP contribution is 2.41. The van der Waals surface area contributed by atoms with E-state index in [1.807, 2.05) is 24.3 Å². The van der Waals surface area contributed by atoms with Crippen molar-refractivity contribution >= 4 is 55.4 Å². The van der Waals surface area contributed by atoms with Crippen LogP contribution in [0.15, 0.2) is 73.1 Å². The van der Waals surface area contributed by atoms with Crippen LogP contribution in [0.4, 0.5) is 11.5 Å². The number of fused-ring (bicyclic) bond motifs is 2. The molecule has 1 N–H and O–H groups in total. The first-order chi connectivity index (χ1) is 13.7. The minimum Gasteiger partial charge on any atom is -0.339 e. The Balaban J connectivity index is 1.71. The van der Waals surface area contributed by atoms with Crippen LogP contribution in [0.2, 0.25) is 5.02 Å². The summed E-state index contributed by atoms with van der Waals surface area (Å²) < 4.78 is 0. The molecule has 0 saturated heterocycles. The Kier molecular flexibility index (Phi) is 4.23. The molecule has 0 fully saturated rings. The lowest BCUT2D eigenvalue weighted by Crippen LogP contribution is -1.96. The van der Waals surface area contributed by atoms with Crippen molar-refractivity contribution in [3.63, 3.8) is 0 Å². The molecule has 0 spiro atoms. The SMILES string of the molecule is Cc1sc2ncnc(Nc3cccc4ccccc34)c2c1-c1ccc(Cl)cc1. The number of aryl methyl sites for hydroxylation is 1. The summed E-state index contributed by atoms with van der Waals surface area (Å²) in [5.74, 6) is 0.815. The fraction of sp³-hybridized carbons (Fsp3) is 0.0435. The molecule has 0 amide bonds. The lowest BCUT2D eigenvalue weighted by Gasteiger charge is -2.11. The number of halogens is 1. The van der Waals surface area contributed by atoms with E-state index in [1.165, 1.54) is 10.3 Å². The number of rotatable bonds is 3. The maximum atomic E-state index is 6.09. The van der Waals surface area contributed by atoms with Crippen molar-refractivity contribution in [2.24, 2.45) is 0 Å². The summed E-state index contributed by atoms with van der Waals surface area (Å²) in [6.07, 6.45) is 1.62. The van der Waals surface area contributed by atoms with Gasteiger partial charge in [0, 0.05) is 26.5 Å². The van der Waals surface area contributed by atoms with Crippen LogP contribution < -0.4 is 5.32 Å². The lowest BCUT2D eigenvalue weighted by molar-refractivity contribution is 1.23. The zero-order chi connectivity index (χ0) is 19.1. The molecule has 5 heteroatoms. The maximum absolute atomic E-state index is 6.09. The first-order valence-electron chi connectivity index (χ1n) is 8.95. The molecule has 0 aliphatic heterocycles. The first-order valence-corrected chi connectivity index (χ1v) is 10.1. The molecule has 5 rings (SSSR count). The van der Waals surface area contributed by atoms with Crippen LogP contribution in [-0.4, -0.2) is 9.97 Å². The van der Waals surface area contributed by atoms with Gasteiger partial charge in [0.1, 0.15) is 17.0 Å². The number of anilines is 2. The highest BCUT2D eigenvalue weighted by Gasteiger charge is 2.17. The zero-order valence-corrected chi connectivity index (χ0v) is 16.7. The predicted molar refractivity (Wildman–Crippen MR) is 120 cm³/mol. The van der Waals surface area contributed by atoms with E-state index in [2.05, 4.69) is 64.7 Å². The monoisotopic (exact) mass is 401 g/mol. The highest BCUT2D eigenvalue weighted by molar-refractivity contribution is 7.19. The van der Waals surface area contributed by atoms with Gasteiger partial charge in [0.05, 0.1) is 5.39 Å². The van der Waals surface area contributed by atoms with Gasteiger partial charge in [-0.2, -0.15) is 0 Å². The fourth-order valence-corrected chi connectivity index (χ4v) is 4.70. The Bertz CT molecular complexity index is 1300. The minimum absolute atomic E-state index is 0.728. The number of nitrogens with one attached hydrogen (secondary N) is 1. The van der Waals surface area contributed by atoms with Crippen molar-refractivity contribution in [3.8, 4) is 11.1 Å². The number of aromatic nitrogens is 2. The Morgan fingerprint density at radius 2 is 1.68 bits per heavy atom.